The fourth-order valence-corrected chi connectivity index (χ4v) is 4.09. The largest absolute Gasteiger partial charge is 0.423 e. The maximum atomic E-state index is 12.4. The first kappa shape index (κ1) is 24.1. The predicted octanol–water partition coefficient (Wildman–Crippen LogP) is 3.75. The van der Waals surface area contributed by atoms with Gasteiger partial charge < -0.3 is 4.74 Å². The smallest absolute Gasteiger partial charge is 0.343 e. The lowest BCUT2D eigenvalue weighted by Crippen LogP contribution is -2.13. The summed E-state index contributed by atoms with van der Waals surface area (Å²) in [5.41, 5.74) is 0.592. The van der Waals surface area contributed by atoms with Crippen molar-refractivity contribution in [2.75, 3.05) is 11.1 Å². The minimum Gasteiger partial charge on any atom is -0.423 e. The standard InChI is InChI=1S/C21H15ClN4O5S2/c1-2-33(29,30)21-25-20(32-26-21)24-18(27)15(12-23)11-13-3-9-17(10-4-13)31-19(28)14-5-7-16(22)8-6-14/h3-11H,2H2,1H3,(H,24,25,26,27)/b15-11-. The highest BCUT2D eigenvalue weighted by atomic mass is 35.5. The van der Waals surface area contributed by atoms with Crippen molar-refractivity contribution < 1.29 is 22.7 Å². The lowest BCUT2D eigenvalue weighted by Gasteiger charge is -2.05. The molecule has 0 aliphatic carbocycles. The number of carbonyl (C=O) groups is 2. The molecule has 0 aliphatic heterocycles. The van der Waals surface area contributed by atoms with Crippen molar-refractivity contribution in [3.05, 3.63) is 70.3 Å². The van der Waals surface area contributed by atoms with Crippen LogP contribution in [0.3, 0.4) is 0 Å². The van der Waals surface area contributed by atoms with Crippen molar-refractivity contribution in [3.63, 3.8) is 0 Å². The molecule has 0 spiro atoms. The second-order valence-electron chi connectivity index (χ2n) is 6.37. The molecule has 0 unspecified atom stereocenters. The molecule has 1 amide bonds. The van der Waals surface area contributed by atoms with E-state index >= 15 is 0 Å². The summed E-state index contributed by atoms with van der Waals surface area (Å²) in [4.78, 5) is 28.3. The summed E-state index contributed by atoms with van der Waals surface area (Å²) < 4.78 is 32.6. The first-order valence-corrected chi connectivity index (χ1v) is 12.1. The highest BCUT2D eigenvalue weighted by Gasteiger charge is 2.20. The highest BCUT2D eigenvalue weighted by Crippen LogP contribution is 2.19. The van der Waals surface area contributed by atoms with Crippen LogP contribution < -0.4 is 10.1 Å². The van der Waals surface area contributed by atoms with Gasteiger partial charge in [0.1, 0.15) is 17.4 Å². The van der Waals surface area contributed by atoms with E-state index < -0.39 is 21.7 Å². The van der Waals surface area contributed by atoms with Crippen LogP contribution in [0.5, 0.6) is 5.75 Å². The van der Waals surface area contributed by atoms with Crippen LogP contribution in [0.1, 0.15) is 22.8 Å². The van der Waals surface area contributed by atoms with Crippen LogP contribution in [0.4, 0.5) is 5.13 Å². The highest BCUT2D eigenvalue weighted by molar-refractivity contribution is 7.91. The molecule has 0 fully saturated rings. The van der Waals surface area contributed by atoms with Gasteiger partial charge >= 0.3 is 5.97 Å². The molecule has 0 saturated heterocycles. The number of nitrogens with zero attached hydrogens (tertiary/aromatic N) is 3. The second-order valence-corrected chi connectivity index (χ2v) is 9.74. The van der Waals surface area contributed by atoms with Gasteiger partial charge in [-0.1, -0.05) is 30.7 Å². The van der Waals surface area contributed by atoms with Gasteiger partial charge in [-0.05, 0) is 48.0 Å². The van der Waals surface area contributed by atoms with Crippen LogP contribution in [0.25, 0.3) is 6.08 Å². The third kappa shape index (κ3) is 6.23. The van der Waals surface area contributed by atoms with Gasteiger partial charge in [0, 0.05) is 16.6 Å². The van der Waals surface area contributed by atoms with E-state index in [1.165, 1.54) is 37.3 Å². The molecule has 0 radical (unpaired) electrons. The number of benzene rings is 2. The van der Waals surface area contributed by atoms with Crippen molar-refractivity contribution in [1.82, 2.24) is 9.36 Å². The number of rotatable bonds is 7. The summed E-state index contributed by atoms with van der Waals surface area (Å²) in [6.07, 6.45) is 1.32. The average Bonchev–Trinajstić information content (AvgIpc) is 3.28. The average molecular weight is 503 g/mol. The van der Waals surface area contributed by atoms with E-state index in [1.807, 2.05) is 0 Å². The van der Waals surface area contributed by atoms with Gasteiger partial charge in [0.15, 0.2) is 0 Å². The molecule has 12 heteroatoms. The Bertz CT molecular complexity index is 1360. The number of carbonyl (C=O) groups excluding carboxylic acids is 2. The van der Waals surface area contributed by atoms with Crippen LogP contribution >= 0.6 is 23.1 Å². The number of sulfone groups is 1. The molecule has 1 aromatic heterocycles. The molecule has 0 atom stereocenters. The zero-order valence-electron chi connectivity index (χ0n) is 17.0. The van der Waals surface area contributed by atoms with Crippen LogP contribution in [-0.4, -0.2) is 35.4 Å². The quantitative estimate of drug-likeness (QED) is 0.223. The zero-order valence-corrected chi connectivity index (χ0v) is 19.4. The molecule has 1 heterocycles. The normalized spacial score (nSPS) is 11.5. The summed E-state index contributed by atoms with van der Waals surface area (Å²) in [6.45, 7) is 1.45. The Kier molecular flexibility index (Phi) is 7.55. The van der Waals surface area contributed by atoms with Gasteiger partial charge in [-0.2, -0.15) is 14.6 Å². The molecule has 0 bridgehead atoms. The molecule has 3 rings (SSSR count). The summed E-state index contributed by atoms with van der Waals surface area (Å²) >= 11 is 6.50. The zero-order chi connectivity index (χ0) is 24.0. The number of nitriles is 1. The maximum absolute atomic E-state index is 12.4. The third-order valence-electron chi connectivity index (χ3n) is 4.13. The van der Waals surface area contributed by atoms with Gasteiger partial charge in [0.25, 0.3) is 11.1 Å². The van der Waals surface area contributed by atoms with Gasteiger partial charge in [0.05, 0.1) is 11.3 Å². The van der Waals surface area contributed by atoms with E-state index in [9.17, 15) is 23.3 Å². The van der Waals surface area contributed by atoms with Crippen molar-refractivity contribution in [1.29, 1.82) is 5.26 Å². The van der Waals surface area contributed by atoms with E-state index in [0.29, 0.717) is 27.7 Å². The number of halogens is 1. The number of hydrogen-bond donors (Lipinski definition) is 1. The molecule has 3 aromatic rings. The van der Waals surface area contributed by atoms with Gasteiger partial charge in [-0.3, -0.25) is 10.1 Å². The number of esters is 1. The van der Waals surface area contributed by atoms with Gasteiger partial charge in [-0.25, -0.2) is 13.2 Å². The molecular weight excluding hydrogens is 488 g/mol. The Labute approximate surface area is 198 Å². The molecule has 33 heavy (non-hydrogen) atoms. The van der Waals surface area contributed by atoms with Crippen molar-refractivity contribution in [3.8, 4) is 11.8 Å². The van der Waals surface area contributed by atoms with Crippen LogP contribution in [0.15, 0.2) is 59.3 Å². The Morgan fingerprint density at radius 2 is 1.85 bits per heavy atom. The van der Waals surface area contributed by atoms with E-state index in [4.69, 9.17) is 16.3 Å². The number of anilines is 1. The van der Waals surface area contributed by atoms with E-state index in [-0.39, 0.29) is 27.4 Å². The molecule has 2 aromatic carbocycles. The van der Waals surface area contributed by atoms with Crippen LogP contribution in [-0.2, 0) is 14.6 Å². The van der Waals surface area contributed by atoms with Crippen molar-refractivity contribution in [2.45, 2.75) is 12.1 Å². The Morgan fingerprint density at radius 1 is 1.18 bits per heavy atom. The molecule has 0 aliphatic rings. The monoisotopic (exact) mass is 502 g/mol. The number of nitrogens with one attached hydrogen (secondary N) is 1. The number of amides is 1. The molecule has 9 nitrogen and oxygen atoms in total. The van der Waals surface area contributed by atoms with Crippen LogP contribution in [0, 0.1) is 11.3 Å². The summed E-state index contributed by atoms with van der Waals surface area (Å²) in [7, 11) is -3.60. The molecular formula is C21H15ClN4O5S2. The fraction of sp³-hybridized carbons (Fsp3) is 0.0952. The molecule has 1 N–H and O–H groups in total. The summed E-state index contributed by atoms with van der Waals surface area (Å²) in [5.74, 6) is -1.24. The summed E-state index contributed by atoms with van der Waals surface area (Å²) in [5, 5.41) is 11.8. The van der Waals surface area contributed by atoms with Gasteiger partial charge in [-0.15, -0.1) is 0 Å². The minimum atomic E-state index is -3.60. The topological polar surface area (TPSA) is 139 Å². The fourth-order valence-electron chi connectivity index (χ4n) is 2.38. The molecule has 0 saturated carbocycles. The van der Waals surface area contributed by atoms with Gasteiger partial charge in [0.2, 0.25) is 15.0 Å². The van der Waals surface area contributed by atoms with Crippen molar-refractivity contribution >= 4 is 56.1 Å². The first-order chi connectivity index (χ1) is 15.7. The molecule has 168 valence electrons. The summed E-state index contributed by atoms with van der Waals surface area (Å²) in [6, 6.07) is 14.2. The Morgan fingerprint density at radius 3 is 2.45 bits per heavy atom. The first-order valence-electron chi connectivity index (χ1n) is 9.29. The van der Waals surface area contributed by atoms with Crippen molar-refractivity contribution in [2.24, 2.45) is 0 Å². The second kappa shape index (κ2) is 10.4. The number of ether oxygens (including phenoxy) is 1. The maximum Gasteiger partial charge on any atom is 0.343 e. The lowest BCUT2D eigenvalue weighted by atomic mass is 10.1. The minimum absolute atomic E-state index is 0.0439. The lowest BCUT2D eigenvalue weighted by molar-refractivity contribution is -0.112. The predicted molar refractivity (Wildman–Crippen MR) is 123 cm³/mol. The Balaban J connectivity index is 1.68. The SMILES string of the molecule is CCS(=O)(=O)c1nsc(NC(=O)/C(C#N)=C\c2ccc(OC(=O)c3ccc(Cl)cc3)cc2)n1. The number of hydrogen-bond acceptors (Lipinski definition) is 9. The van der Waals surface area contributed by atoms with Crippen LogP contribution in [0.2, 0.25) is 5.02 Å². The van der Waals surface area contributed by atoms with E-state index in [1.54, 1.807) is 30.3 Å². The van der Waals surface area contributed by atoms with E-state index in [2.05, 4.69) is 14.7 Å². The van der Waals surface area contributed by atoms with E-state index in [0.717, 1.165) is 0 Å². The Hall–Kier alpha value is -3.59. The third-order valence-corrected chi connectivity index (χ3v) is 6.63. The number of aromatic nitrogens is 2.